The molecular formula is C15H25FN2. The highest BCUT2D eigenvalue weighted by Crippen LogP contribution is 2.31. The van der Waals surface area contributed by atoms with Gasteiger partial charge in [0.15, 0.2) is 0 Å². The number of nitrogens with two attached hydrogens (primary N) is 1. The minimum absolute atomic E-state index is 0.0228. The summed E-state index contributed by atoms with van der Waals surface area (Å²) in [6.45, 7) is 6.91. The average molecular weight is 252 g/mol. The van der Waals surface area contributed by atoms with Gasteiger partial charge in [0.1, 0.15) is 5.82 Å². The van der Waals surface area contributed by atoms with Crippen molar-refractivity contribution in [1.29, 1.82) is 0 Å². The molecule has 0 spiro atoms. The first-order chi connectivity index (χ1) is 8.52. The maximum absolute atomic E-state index is 13.8. The topological polar surface area (TPSA) is 29.3 Å². The molecule has 18 heavy (non-hydrogen) atoms. The molecule has 2 nitrogen and oxygen atoms in total. The Morgan fingerprint density at radius 2 is 1.83 bits per heavy atom. The molecule has 1 unspecified atom stereocenters. The summed E-state index contributed by atoms with van der Waals surface area (Å²) < 4.78 is 13.8. The number of nitrogens with zero attached hydrogens (tertiary/aromatic N) is 1. The molecule has 1 rings (SSSR count). The van der Waals surface area contributed by atoms with Crippen LogP contribution in [-0.2, 0) is 0 Å². The van der Waals surface area contributed by atoms with Gasteiger partial charge in [-0.15, -0.1) is 0 Å². The molecule has 0 fully saturated rings. The lowest BCUT2D eigenvalue weighted by atomic mass is 9.88. The number of hydrogen-bond donors (Lipinski definition) is 1. The summed E-state index contributed by atoms with van der Waals surface area (Å²) in [6, 6.07) is 6.99. The lowest BCUT2D eigenvalue weighted by Gasteiger charge is -2.43. The van der Waals surface area contributed by atoms with E-state index >= 15 is 0 Å². The molecule has 0 aliphatic heterocycles. The molecule has 102 valence electrons. The fourth-order valence-corrected chi connectivity index (χ4v) is 2.61. The molecule has 0 saturated heterocycles. The quantitative estimate of drug-likeness (QED) is 0.841. The minimum Gasteiger partial charge on any atom is -0.329 e. The number of halogens is 1. The van der Waals surface area contributed by atoms with E-state index in [1.165, 1.54) is 6.07 Å². The van der Waals surface area contributed by atoms with E-state index in [1.807, 2.05) is 26.1 Å². The Balaban J connectivity index is 3.03. The average Bonchev–Trinajstić information content (AvgIpc) is 2.41. The van der Waals surface area contributed by atoms with Gasteiger partial charge in [0, 0.05) is 23.7 Å². The molecule has 0 aromatic heterocycles. The van der Waals surface area contributed by atoms with Gasteiger partial charge in [0.05, 0.1) is 0 Å². The highest BCUT2D eigenvalue weighted by Gasteiger charge is 2.33. The van der Waals surface area contributed by atoms with Gasteiger partial charge in [-0.25, -0.2) is 4.39 Å². The van der Waals surface area contributed by atoms with Crippen molar-refractivity contribution in [2.45, 2.75) is 45.2 Å². The Hall–Kier alpha value is -0.930. The van der Waals surface area contributed by atoms with Crippen molar-refractivity contribution < 1.29 is 4.39 Å². The molecule has 0 bridgehead atoms. The van der Waals surface area contributed by atoms with E-state index in [0.717, 1.165) is 18.4 Å². The number of hydrogen-bond acceptors (Lipinski definition) is 2. The second-order valence-electron chi connectivity index (χ2n) is 4.94. The predicted octanol–water partition coefficient (Wildman–Crippen LogP) is 3.34. The molecule has 1 aromatic carbocycles. The fourth-order valence-electron chi connectivity index (χ4n) is 2.61. The van der Waals surface area contributed by atoms with E-state index in [1.54, 1.807) is 6.07 Å². The van der Waals surface area contributed by atoms with Crippen molar-refractivity contribution >= 4 is 0 Å². The Bertz CT molecular complexity index is 366. The third-order valence-electron chi connectivity index (χ3n) is 4.38. The van der Waals surface area contributed by atoms with Crippen LogP contribution in [0.1, 0.15) is 45.2 Å². The van der Waals surface area contributed by atoms with E-state index in [2.05, 4.69) is 18.7 Å². The van der Waals surface area contributed by atoms with Crippen molar-refractivity contribution in [3.05, 3.63) is 35.6 Å². The van der Waals surface area contributed by atoms with Crippen LogP contribution in [0.2, 0.25) is 0 Å². The van der Waals surface area contributed by atoms with Crippen LogP contribution in [0.5, 0.6) is 0 Å². The van der Waals surface area contributed by atoms with E-state index in [0.29, 0.717) is 6.54 Å². The molecule has 0 saturated carbocycles. The largest absolute Gasteiger partial charge is 0.329 e. The maximum Gasteiger partial charge on any atom is 0.127 e. The van der Waals surface area contributed by atoms with Gasteiger partial charge in [0.2, 0.25) is 0 Å². The van der Waals surface area contributed by atoms with Crippen LogP contribution >= 0.6 is 0 Å². The standard InChI is InChI=1S/C15H25FN2/c1-5-15(6-2,11-17)18(4)12(3)13-9-7-8-10-14(13)16/h7-10,12H,5-6,11,17H2,1-4H3. The molecular weight excluding hydrogens is 227 g/mol. The summed E-state index contributed by atoms with van der Waals surface area (Å²) in [6.07, 6.45) is 1.94. The third-order valence-corrected chi connectivity index (χ3v) is 4.38. The van der Waals surface area contributed by atoms with Crippen LogP contribution in [0.15, 0.2) is 24.3 Å². The summed E-state index contributed by atoms with van der Waals surface area (Å²) in [5, 5.41) is 0. The van der Waals surface area contributed by atoms with Crippen molar-refractivity contribution in [1.82, 2.24) is 4.90 Å². The van der Waals surface area contributed by atoms with E-state index < -0.39 is 0 Å². The normalized spacial score (nSPS) is 13.9. The van der Waals surface area contributed by atoms with Crippen LogP contribution < -0.4 is 5.73 Å². The Labute approximate surface area is 110 Å². The zero-order valence-electron chi connectivity index (χ0n) is 11.9. The van der Waals surface area contributed by atoms with Gasteiger partial charge < -0.3 is 5.73 Å². The lowest BCUT2D eigenvalue weighted by molar-refractivity contribution is 0.0744. The molecule has 2 N–H and O–H groups in total. The first-order valence-corrected chi connectivity index (χ1v) is 6.69. The van der Waals surface area contributed by atoms with Gasteiger partial charge in [0.25, 0.3) is 0 Å². The summed E-state index contributed by atoms with van der Waals surface area (Å²) in [5.74, 6) is -0.144. The van der Waals surface area contributed by atoms with Crippen LogP contribution in [-0.4, -0.2) is 24.0 Å². The number of rotatable bonds is 6. The highest BCUT2D eigenvalue weighted by atomic mass is 19.1. The molecule has 3 heteroatoms. The second kappa shape index (κ2) is 6.30. The van der Waals surface area contributed by atoms with Gasteiger partial charge in [-0.1, -0.05) is 32.0 Å². The van der Waals surface area contributed by atoms with Gasteiger partial charge in [-0.2, -0.15) is 0 Å². The lowest BCUT2D eigenvalue weighted by Crippen LogP contribution is -2.52. The van der Waals surface area contributed by atoms with Crippen LogP contribution in [0.4, 0.5) is 4.39 Å². The second-order valence-corrected chi connectivity index (χ2v) is 4.94. The smallest absolute Gasteiger partial charge is 0.127 e. The SMILES string of the molecule is CCC(CC)(CN)N(C)C(C)c1ccccc1F. The Morgan fingerprint density at radius 3 is 2.28 bits per heavy atom. The van der Waals surface area contributed by atoms with Crippen molar-refractivity contribution in [3.63, 3.8) is 0 Å². The Kier molecular flexibility index (Phi) is 5.29. The number of likely N-dealkylation sites (N-methyl/N-ethyl adjacent to an activating group) is 1. The summed E-state index contributed by atoms with van der Waals surface area (Å²) in [7, 11) is 2.04. The molecule has 0 heterocycles. The van der Waals surface area contributed by atoms with Gasteiger partial charge in [-0.05, 0) is 32.9 Å². The van der Waals surface area contributed by atoms with Crippen molar-refractivity contribution in [2.24, 2.45) is 5.73 Å². The van der Waals surface area contributed by atoms with Gasteiger partial charge >= 0.3 is 0 Å². The molecule has 1 aromatic rings. The summed E-state index contributed by atoms with van der Waals surface area (Å²) in [4.78, 5) is 2.21. The fraction of sp³-hybridized carbons (Fsp3) is 0.600. The minimum atomic E-state index is -0.144. The van der Waals surface area contributed by atoms with Crippen molar-refractivity contribution in [3.8, 4) is 0 Å². The van der Waals surface area contributed by atoms with E-state index in [4.69, 9.17) is 5.73 Å². The third kappa shape index (κ3) is 2.73. The Morgan fingerprint density at radius 1 is 1.28 bits per heavy atom. The van der Waals surface area contributed by atoms with Crippen molar-refractivity contribution in [2.75, 3.05) is 13.6 Å². The molecule has 1 atom stereocenters. The van der Waals surface area contributed by atoms with Crippen LogP contribution in [0.25, 0.3) is 0 Å². The predicted molar refractivity (Wildman–Crippen MR) is 74.9 cm³/mol. The van der Waals surface area contributed by atoms with E-state index in [-0.39, 0.29) is 17.4 Å². The van der Waals surface area contributed by atoms with Crippen LogP contribution in [0, 0.1) is 5.82 Å². The first kappa shape index (κ1) is 15.1. The van der Waals surface area contributed by atoms with E-state index in [9.17, 15) is 4.39 Å². The molecule has 0 radical (unpaired) electrons. The van der Waals surface area contributed by atoms with Gasteiger partial charge in [-0.3, -0.25) is 4.90 Å². The number of benzene rings is 1. The molecule has 0 aliphatic carbocycles. The first-order valence-electron chi connectivity index (χ1n) is 6.69. The summed E-state index contributed by atoms with van der Waals surface area (Å²) >= 11 is 0. The van der Waals surface area contributed by atoms with Crippen LogP contribution in [0.3, 0.4) is 0 Å². The summed E-state index contributed by atoms with van der Waals surface area (Å²) in [5.41, 5.74) is 6.63. The zero-order valence-corrected chi connectivity index (χ0v) is 11.9. The maximum atomic E-state index is 13.8. The zero-order chi connectivity index (χ0) is 13.8. The molecule has 0 aliphatic rings. The highest BCUT2D eigenvalue weighted by molar-refractivity contribution is 5.21. The monoisotopic (exact) mass is 252 g/mol. The molecule has 0 amide bonds.